The van der Waals surface area contributed by atoms with Crippen molar-refractivity contribution in [2.45, 2.75) is 51.9 Å². The molecule has 0 saturated heterocycles. The van der Waals surface area contributed by atoms with Gasteiger partial charge in [0.15, 0.2) is 0 Å². The van der Waals surface area contributed by atoms with Gasteiger partial charge in [-0.1, -0.05) is 25.7 Å². The standard InChI is InChI=1S/C14H22N2O/c1-11-9-13(16(2)15-11)10-14(17)8-7-12-5-3-4-6-12/h9,12H,3-8,10H2,1-2H3. The summed E-state index contributed by atoms with van der Waals surface area (Å²) in [5.41, 5.74) is 2.03. The Hall–Kier alpha value is -1.12. The van der Waals surface area contributed by atoms with Crippen LogP contribution in [-0.2, 0) is 18.3 Å². The Bertz CT molecular complexity index is 389. The van der Waals surface area contributed by atoms with Crippen molar-refractivity contribution in [2.75, 3.05) is 0 Å². The molecular weight excluding hydrogens is 212 g/mol. The van der Waals surface area contributed by atoms with Crippen LogP contribution in [0.2, 0.25) is 0 Å². The first-order valence-corrected chi connectivity index (χ1v) is 6.66. The first kappa shape index (κ1) is 12.3. The van der Waals surface area contributed by atoms with Crippen LogP contribution in [0.15, 0.2) is 6.07 Å². The monoisotopic (exact) mass is 234 g/mol. The third kappa shape index (κ3) is 3.42. The van der Waals surface area contributed by atoms with Crippen molar-refractivity contribution >= 4 is 5.78 Å². The maximum absolute atomic E-state index is 11.9. The highest BCUT2D eigenvalue weighted by atomic mass is 16.1. The molecule has 0 unspecified atom stereocenters. The van der Waals surface area contributed by atoms with Crippen LogP contribution in [0.3, 0.4) is 0 Å². The van der Waals surface area contributed by atoms with Gasteiger partial charge >= 0.3 is 0 Å². The lowest BCUT2D eigenvalue weighted by molar-refractivity contribution is -0.118. The van der Waals surface area contributed by atoms with Crippen LogP contribution in [0.4, 0.5) is 0 Å². The van der Waals surface area contributed by atoms with E-state index in [1.165, 1.54) is 25.7 Å². The molecule has 1 aromatic heterocycles. The van der Waals surface area contributed by atoms with E-state index < -0.39 is 0 Å². The molecule has 17 heavy (non-hydrogen) atoms. The molecule has 94 valence electrons. The molecule has 1 aromatic rings. The van der Waals surface area contributed by atoms with E-state index >= 15 is 0 Å². The van der Waals surface area contributed by atoms with Gasteiger partial charge < -0.3 is 0 Å². The summed E-state index contributed by atoms with van der Waals surface area (Å²) in [5.74, 6) is 1.17. The molecule has 0 atom stereocenters. The highest BCUT2D eigenvalue weighted by Crippen LogP contribution is 2.28. The van der Waals surface area contributed by atoms with E-state index in [4.69, 9.17) is 0 Å². The third-order valence-corrected chi connectivity index (χ3v) is 3.78. The van der Waals surface area contributed by atoms with Gasteiger partial charge in [0.25, 0.3) is 0 Å². The number of aryl methyl sites for hydroxylation is 2. The Balaban J connectivity index is 1.78. The van der Waals surface area contributed by atoms with E-state index in [9.17, 15) is 4.79 Å². The highest BCUT2D eigenvalue weighted by molar-refractivity contribution is 5.80. The second kappa shape index (κ2) is 5.48. The van der Waals surface area contributed by atoms with Crippen LogP contribution in [0.5, 0.6) is 0 Å². The van der Waals surface area contributed by atoms with E-state index in [2.05, 4.69) is 5.10 Å². The topological polar surface area (TPSA) is 34.9 Å². The molecule has 0 N–H and O–H groups in total. The zero-order chi connectivity index (χ0) is 12.3. The Labute approximate surface area is 103 Å². The summed E-state index contributed by atoms with van der Waals surface area (Å²) >= 11 is 0. The summed E-state index contributed by atoms with van der Waals surface area (Å²) in [6.07, 6.45) is 7.77. The molecule has 0 aliphatic heterocycles. The highest BCUT2D eigenvalue weighted by Gasteiger charge is 2.16. The van der Waals surface area contributed by atoms with Crippen molar-refractivity contribution in [3.05, 3.63) is 17.5 Å². The van der Waals surface area contributed by atoms with Crippen LogP contribution in [0, 0.1) is 12.8 Å². The van der Waals surface area contributed by atoms with Crippen molar-refractivity contribution in [1.29, 1.82) is 0 Å². The zero-order valence-electron chi connectivity index (χ0n) is 10.9. The Morgan fingerprint density at radius 3 is 2.76 bits per heavy atom. The minimum absolute atomic E-state index is 0.361. The zero-order valence-corrected chi connectivity index (χ0v) is 10.9. The molecule has 1 saturated carbocycles. The molecule has 0 bridgehead atoms. The maximum Gasteiger partial charge on any atom is 0.138 e. The number of carbonyl (C=O) groups is 1. The maximum atomic E-state index is 11.9. The molecule has 1 heterocycles. The van der Waals surface area contributed by atoms with Gasteiger partial charge in [-0.05, 0) is 25.3 Å². The summed E-state index contributed by atoms with van der Waals surface area (Å²) < 4.78 is 1.82. The van der Waals surface area contributed by atoms with E-state index in [0.717, 1.165) is 30.1 Å². The van der Waals surface area contributed by atoms with Crippen molar-refractivity contribution < 1.29 is 4.79 Å². The predicted octanol–water partition coefficient (Wildman–Crippen LogP) is 2.81. The minimum atomic E-state index is 0.361. The normalized spacial score (nSPS) is 16.6. The van der Waals surface area contributed by atoms with Crippen molar-refractivity contribution in [3.8, 4) is 0 Å². The Kier molecular flexibility index (Phi) is 3.97. The lowest BCUT2D eigenvalue weighted by Gasteiger charge is -2.07. The van der Waals surface area contributed by atoms with Crippen molar-refractivity contribution in [1.82, 2.24) is 9.78 Å². The average molecular weight is 234 g/mol. The van der Waals surface area contributed by atoms with E-state index in [-0.39, 0.29) is 0 Å². The molecule has 0 spiro atoms. The lowest BCUT2D eigenvalue weighted by Crippen LogP contribution is -2.08. The number of hydrogen-bond acceptors (Lipinski definition) is 2. The molecule has 0 radical (unpaired) electrons. The van der Waals surface area contributed by atoms with Gasteiger partial charge in [-0.15, -0.1) is 0 Å². The second-order valence-corrected chi connectivity index (χ2v) is 5.31. The van der Waals surface area contributed by atoms with Gasteiger partial charge in [-0.2, -0.15) is 5.10 Å². The number of carbonyl (C=O) groups excluding carboxylic acids is 1. The van der Waals surface area contributed by atoms with Crippen LogP contribution >= 0.6 is 0 Å². The van der Waals surface area contributed by atoms with E-state index in [1.807, 2.05) is 24.7 Å². The number of ketones is 1. The summed E-state index contributed by atoms with van der Waals surface area (Å²) in [7, 11) is 1.91. The van der Waals surface area contributed by atoms with Gasteiger partial charge in [0.1, 0.15) is 5.78 Å². The van der Waals surface area contributed by atoms with Crippen LogP contribution in [0.1, 0.15) is 49.9 Å². The molecule has 1 aliphatic carbocycles. The third-order valence-electron chi connectivity index (χ3n) is 3.78. The smallest absolute Gasteiger partial charge is 0.138 e. The fraction of sp³-hybridized carbons (Fsp3) is 0.714. The van der Waals surface area contributed by atoms with Crippen LogP contribution < -0.4 is 0 Å². The largest absolute Gasteiger partial charge is 0.299 e. The number of aromatic nitrogens is 2. The molecule has 0 aromatic carbocycles. The fourth-order valence-corrected chi connectivity index (χ4v) is 2.78. The summed E-state index contributed by atoms with van der Waals surface area (Å²) in [5, 5.41) is 4.27. The number of nitrogens with zero attached hydrogens (tertiary/aromatic N) is 2. The first-order valence-electron chi connectivity index (χ1n) is 6.66. The second-order valence-electron chi connectivity index (χ2n) is 5.31. The van der Waals surface area contributed by atoms with Crippen LogP contribution in [-0.4, -0.2) is 15.6 Å². The molecule has 2 rings (SSSR count). The quantitative estimate of drug-likeness (QED) is 0.785. The SMILES string of the molecule is Cc1cc(CC(=O)CCC2CCCC2)n(C)n1. The van der Waals surface area contributed by atoms with Crippen LogP contribution in [0.25, 0.3) is 0 Å². The molecule has 1 fully saturated rings. The molecular formula is C14H22N2O. The van der Waals surface area contributed by atoms with Crippen molar-refractivity contribution in [3.63, 3.8) is 0 Å². The molecule has 0 amide bonds. The molecule has 3 nitrogen and oxygen atoms in total. The Morgan fingerprint density at radius 1 is 1.47 bits per heavy atom. The predicted molar refractivity (Wildman–Crippen MR) is 67.8 cm³/mol. The van der Waals surface area contributed by atoms with Crippen molar-refractivity contribution in [2.24, 2.45) is 13.0 Å². The fourth-order valence-electron chi connectivity index (χ4n) is 2.78. The first-order chi connectivity index (χ1) is 8.15. The Morgan fingerprint density at radius 2 is 2.18 bits per heavy atom. The average Bonchev–Trinajstić information content (AvgIpc) is 2.87. The number of Topliss-reactive ketones (excluding diaryl/α,β-unsaturated/α-hetero) is 1. The van der Waals surface area contributed by atoms with E-state index in [1.54, 1.807) is 0 Å². The summed E-state index contributed by atoms with van der Waals surface area (Å²) in [4.78, 5) is 11.9. The summed E-state index contributed by atoms with van der Waals surface area (Å²) in [6.45, 7) is 1.96. The van der Waals surface area contributed by atoms with Gasteiger partial charge in [0, 0.05) is 25.6 Å². The minimum Gasteiger partial charge on any atom is -0.299 e. The van der Waals surface area contributed by atoms with Gasteiger partial charge in [-0.25, -0.2) is 0 Å². The van der Waals surface area contributed by atoms with Gasteiger partial charge in [0.05, 0.1) is 5.69 Å². The van der Waals surface area contributed by atoms with E-state index in [0.29, 0.717) is 12.2 Å². The number of hydrogen-bond donors (Lipinski definition) is 0. The lowest BCUT2D eigenvalue weighted by atomic mass is 9.99. The summed E-state index contributed by atoms with van der Waals surface area (Å²) in [6, 6.07) is 2.01. The van der Waals surface area contributed by atoms with Gasteiger partial charge in [-0.3, -0.25) is 9.48 Å². The molecule has 1 aliphatic rings. The number of rotatable bonds is 5. The van der Waals surface area contributed by atoms with Gasteiger partial charge in [0.2, 0.25) is 0 Å². The molecule has 3 heteroatoms.